The Labute approximate surface area is 118 Å². The molecule has 6 nitrogen and oxygen atoms in total. The third-order valence-corrected chi connectivity index (χ3v) is 4.64. The molecular weight excluding hydrogens is 280 g/mol. The van der Waals surface area contributed by atoms with Crippen molar-refractivity contribution in [3.63, 3.8) is 0 Å². The van der Waals surface area contributed by atoms with Crippen LogP contribution in [0.15, 0.2) is 24.3 Å². The fraction of sp³-hybridized carbons (Fsp3) is 0.462. The lowest BCUT2D eigenvalue weighted by molar-refractivity contribution is -0.141. The van der Waals surface area contributed by atoms with Gasteiger partial charge in [-0.15, -0.1) is 0 Å². The zero-order valence-electron chi connectivity index (χ0n) is 11.3. The summed E-state index contributed by atoms with van der Waals surface area (Å²) in [6, 6.07) is 7.76. The molecule has 1 heterocycles. The van der Waals surface area contributed by atoms with Crippen LogP contribution in [0.3, 0.4) is 0 Å². The van der Waals surface area contributed by atoms with E-state index in [2.05, 4.69) is 4.72 Å². The van der Waals surface area contributed by atoms with E-state index >= 15 is 0 Å². The Morgan fingerprint density at radius 3 is 2.75 bits per heavy atom. The van der Waals surface area contributed by atoms with Crippen LogP contribution in [0, 0.1) is 0 Å². The van der Waals surface area contributed by atoms with Gasteiger partial charge in [0.15, 0.2) is 0 Å². The Kier molecular flexibility index (Phi) is 4.74. The predicted molar refractivity (Wildman–Crippen MR) is 74.1 cm³/mol. The van der Waals surface area contributed by atoms with Crippen molar-refractivity contribution < 1.29 is 17.9 Å². The van der Waals surface area contributed by atoms with Gasteiger partial charge in [-0.25, -0.2) is 0 Å². The number of nitrogens with zero attached hydrogens (tertiary/aromatic N) is 1. The van der Waals surface area contributed by atoms with Gasteiger partial charge in [-0.3, -0.25) is 4.79 Å². The molecule has 7 heteroatoms. The molecule has 0 atom stereocenters. The minimum Gasteiger partial charge on any atom is -0.465 e. The van der Waals surface area contributed by atoms with Gasteiger partial charge < -0.3 is 4.74 Å². The number of carbonyl (C=O) groups excluding carboxylic acids is 1. The number of esters is 1. The summed E-state index contributed by atoms with van der Waals surface area (Å²) < 4.78 is 32.5. The van der Waals surface area contributed by atoms with Crippen molar-refractivity contribution in [2.75, 3.05) is 19.7 Å². The van der Waals surface area contributed by atoms with Gasteiger partial charge in [0, 0.05) is 13.1 Å². The van der Waals surface area contributed by atoms with Crippen LogP contribution in [-0.4, -0.2) is 38.4 Å². The van der Waals surface area contributed by atoms with E-state index in [1.54, 1.807) is 6.92 Å². The molecule has 0 aliphatic carbocycles. The molecule has 1 aliphatic rings. The molecule has 0 saturated heterocycles. The molecule has 1 aliphatic heterocycles. The number of fused-ring (bicyclic) bond motifs is 1. The van der Waals surface area contributed by atoms with E-state index in [0.29, 0.717) is 19.5 Å². The van der Waals surface area contributed by atoms with Crippen LogP contribution in [0.25, 0.3) is 0 Å². The first kappa shape index (κ1) is 15.0. The molecule has 0 unspecified atom stereocenters. The molecule has 0 amide bonds. The van der Waals surface area contributed by atoms with E-state index in [1.165, 1.54) is 9.87 Å². The maximum Gasteiger partial charge on any atom is 0.321 e. The van der Waals surface area contributed by atoms with Crippen molar-refractivity contribution in [2.24, 2.45) is 0 Å². The third kappa shape index (κ3) is 3.56. The lowest BCUT2D eigenvalue weighted by Gasteiger charge is -2.27. The summed E-state index contributed by atoms with van der Waals surface area (Å²) in [5.41, 5.74) is 2.17. The zero-order valence-corrected chi connectivity index (χ0v) is 12.1. The molecule has 1 aromatic rings. The summed E-state index contributed by atoms with van der Waals surface area (Å²) in [5, 5.41) is 0. The summed E-state index contributed by atoms with van der Waals surface area (Å²) in [7, 11) is -3.66. The molecule has 0 fully saturated rings. The van der Waals surface area contributed by atoms with E-state index in [1.807, 2.05) is 24.3 Å². The van der Waals surface area contributed by atoms with Crippen molar-refractivity contribution in [1.29, 1.82) is 0 Å². The van der Waals surface area contributed by atoms with Crippen LogP contribution in [0.1, 0.15) is 18.1 Å². The van der Waals surface area contributed by atoms with E-state index in [9.17, 15) is 13.2 Å². The highest BCUT2D eigenvalue weighted by Gasteiger charge is 2.26. The van der Waals surface area contributed by atoms with Crippen LogP contribution in [0.2, 0.25) is 0 Å². The molecule has 1 N–H and O–H groups in total. The molecule has 1 aromatic carbocycles. The van der Waals surface area contributed by atoms with Crippen LogP contribution in [0.4, 0.5) is 0 Å². The SMILES string of the molecule is CCOC(=O)CNS(=O)(=O)N1CCc2ccccc2C1. The highest BCUT2D eigenvalue weighted by Crippen LogP contribution is 2.20. The van der Waals surface area contributed by atoms with Gasteiger partial charge in [0.1, 0.15) is 6.54 Å². The van der Waals surface area contributed by atoms with Gasteiger partial charge in [-0.1, -0.05) is 24.3 Å². The molecular formula is C13H18N2O4S. The molecule has 110 valence electrons. The summed E-state index contributed by atoms with van der Waals surface area (Å²) in [6.45, 7) is 2.31. The Balaban J connectivity index is 2.00. The van der Waals surface area contributed by atoms with Crippen molar-refractivity contribution in [3.05, 3.63) is 35.4 Å². The number of nitrogens with one attached hydrogen (secondary N) is 1. The standard InChI is InChI=1S/C13H18N2O4S/c1-2-19-13(16)9-14-20(17,18)15-8-7-11-5-3-4-6-12(11)10-15/h3-6,14H,2,7-10H2,1H3. The molecule has 20 heavy (non-hydrogen) atoms. The van der Waals surface area contributed by atoms with Gasteiger partial charge in [-0.05, 0) is 24.5 Å². The first-order valence-corrected chi connectivity index (χ1v) is 7.94. The second kappa shape index (κ2) is 6.34. The first-order valence-electron chi connectivity index (χ1n) is 6.50. The van der Waals surface area contributed by atoms with E-state index in [0.717, 1.165) is 5.56 Å². The highest BCUT2D eigenvalue weighted by atomic mass is 32.2. The van der Waals surface area contributed by atoms with Crippen LogP contribution >= 0.6 is 0 Å². The minimum absolute atomic E-state index is 0.234. The molecule has 0 spiro atoms. The smallest absolute Gasteiger partial charge is 0.321 e. The maximum atomic E-state index is 12.1. The number of hydrogen-bond donors (Lipinski definition) is 1. The highest BCUT2D eigenvalue weighted by molar-refractivity contribution is 7.87. The zero-order chi connectivity index (χ0) is 14.6. The third-order valence-electron chi connectivity index (χ3n) is 3.14. The second-order valence-corrected chi connectivity index (χ2v) is 6.24. The number of rotatable bonds is 5. The molecule has 0 saturated carbocycles. The second-order valence-electron chi connectivity index (χ2n) is 4.48. The van der Waals surface area contributed by atoms with Crippen molar-refractivity contribution in [3.8, 4) is 0 Å². The number of benzene rings is 1. The Morgan fingerprint density at radius 1 is 1.35 bits per heavy atom. The Morgan fingerprint density at radius 2 is 2.05 bits per heavy atom. The Bertz CT molecular complexity index is 586. The average Bonchev–Trinajstić information content (AvgIpc) is 2.45. The fourth-order valence-electron chi connectivity index (χ4n) is 2.13. The summed E-state index contributed by atoms with van der Waals surface area (Å²) in [6.07, 6.45) is 0.677. The topological polar surface area (TPSA) is 75.7 Å². The minimum atomic E-state index is -3.66. The van der Waals surface area contributed by atoms with Crippen LogP contribution < -0.4 is 4.72 Å². The summed E-state index contributed by atoms with van der Waals surface area (Å²) in [4.78, 5) is 11.2. The van der Waals surface area contributed by atoms with Gasteiger partial charge in [0.25, 0.3) is 10.2 Å². The lowest BCUT2D eigenvalue weighted by atomic mass is 10.0. The summed E-state index contributed by atoms with van der Waals surface area (Å²) in [5.74, 6) is -0.575. The normalized spacial score (nSPS) is 15.7. The molecule has 0 radical (unpaired) electrons. The number of carbonyl (C=O) groups is 1. The first-order chi connectivity index (χ1) is 9.53. The molecule has 0 bridgehead atoms. The molecule has 2 rings (SSSR count). The van der Waals surface area contributed by atoms with Gasteiger partial charge in [0.05, 0.1) is 6.61 Å². The lowest BCUT2D eigenvalue weighted by Crippen LogP contribution is -2.45. The van der Waals surface area contributed by atoms with Crippen LogP contribution in [0.5, 0.6) is 0 Å². The van der Waals surface area contributed by atoms with Crippen molar-refractivity contribution >= 4 is 16.2 Å². The summed E-state index contributed by atoms with van der Waals surface area (Å²) >= 11 is 0. The van der Waals surface area contributed by atoms with E-state index in [-0.39, 0.29) is 13.2 Å². The maximum absolute atomic E-state index is 12.1. The quantitative estimate of drug-likeness (QED) is 0.801. The average molecular weight is 298 g/mol. The van der Waals surface area contributed by atoms with Crippen LogP contribution in [-0.2, 0) is 32.7 Å². The van der Waals surface area contributed by atoms with Gasteiger partial charge >= 0.3 is 5.97 Å². The van der Waals surface area contributed by atoms with Gasteiger partial charge in [0.2, 0.25) is 0 Å². The Hall–Kier alpha value is -1.44. The fourth-order valence-corrected chi connectivity index (χ4v) is 3.25. The number of ether oxygens (including phenoxy) is 1. The largest absolute Gasteiger partial charge is 0.465 e. The van der Waals surface area contributed by atoms with Crippen molar-refractivity contribution in [2.45, 2.75) is 19.9 Å². The molecule has 0 aromatic heterocycles. The predicted octanol–water partition coefficient (Wildman–Crippen LogP) is 0.442. The van der Waals surface area contributed by atoms with Crippen molar-refractivity contribution in [1.82, 2.24) is 9.03 Å². The van der Waals surface area contributed by atoms with E-state index < -0.39 is 16.2 Å². The van der Waals surface area contributed by atoms with E-state index in [4.69, 9.17) is 4.74 Å². The number of hydrogen-bond acceptors (Lipinski definition) is 4. The monoisotopic (exact) mass is 298 g/mol. The van der Waals surface area contributed by atoms with Gasteiger partial charge in [-0.2, -0.15) is 17.4 Å².